The maximum Gasteiger partial charge on any atom is 0.240 e. The monoisotopic (exact) mass is 286 g/mol. The SMILES string of the molecule is CCC1NCCN(Cc2ccc(Cl)cc2Cl)C1=O. The van der Waals surface area contributed by atoms with Crippen molar-refractivity contribution < 1.29 is 4.79 Å². The topological polar surface area (TPSA) is 32.3 Å². The van der Waals surface area contributed by atoms with E-state index in [2.05, 4.69) is 5.32 Å². The molecule has 18 heavy (non-hydrogen) atoms. The highest BCUT2D eigenvalue weighted by atomic mass is 35.5. The number of hydrogen-bond acceptors (Lipinski definition) is 2. The highest BCUT2D eigenvalue weighted by Gasteiger charge is 2.26. The minimum Gasteiger partial charge on any atom is -0.336 e. The summed E-state index contributed by atoms with van der Waals surface area (Å²) in [7, 11) is 0. The molecule has 98 valence electrons. The van der Waals surface area contributed by atoms with E-state index in [1.165, 1.54) is 0 Å². The van der Waals surface area contributed by atoms with Crippen molar-refractivity contribution in [3.05, 3.63) is 33.8 Å². The molecule has 0 saturated carbocycles. The minimum absolute atomic E-state index is 0.0650. The van der Waals surface area contributed by atoms with Crippen molar-refractivity contribution >= 4 is 29.1 Å². The van der Waals surface area contributed by atoms with Crippen LogP contribution in [0.1, 0.15) is 18.9 Å². The quantitative estimate of drug-likeness (QED) is 0.927. The second-order valence-corrected chi connectivity index (χ2v) is 5.25. The molecule has 1 aliphatic rings. The van der Waals surface area contributed by atoms with Crippen LogP contribution in [0.25, 0.3) is 0 Å². The maximum atomic E-state index is 12.1. The number of hydrogen-bond donors (Lipinski definition) is 1. The first-order chi connectivity index (χ1) is 8.61. The predicted octanol–water partition coefficient (Wildman–Crippen LogP) is 2.70. The van der Waals surface area contributed by atoms with Gasteiger partial charge in [0.25, 0.3) is 0 Å². The molecule has 1 N–H and O–H groups in total. The third kappa shape index (κ3) is 2.97. The number of nitrogens with zero attached hydrogens (tertiary/aromatic N) is 1. The summed E-state index contributed by atoms with van der Waals surface area (Å²) in [5.41, 5.74) is 0.936. The number of carbonyl (C=O) groups excluding carboxylic acids is 1. The normalized spacial score (nSPS) is 20.3. The molecule has 0 aliphatic carbocycles. The fraction of sp³-hybridized carbons (Fsp3) is 0.462. The molecular formula is C13H16Cl2N2O. The zero-order valence-corrected chi connectivity index (χ0v) is 11.8. The highest BCUT2D eigenvalue weighted by Crippen LogP contribution is 2.23. The van der Waals surface area contributed by atoms with E-state index >= 15 is 0 Å². The van der Waals surface area contributed by atoms with Gasteiger partial charge in [0.1, 0.15) is 0 Å². The van der Waals surface area contributed by atoms with Gasteiger partial charge in [0.05, 0.1) is 6.04 Å². The summed E-state index contributed by atoms with van der Waals surface area (Å²) >= 11 is 12.0. The van der Waals surface area contributed by atoms with Crippen LogP contribution in [-0.2, 0) is 11.3 Å². The molecule has 1 saturated heterocycles. The second kappa shape index (κ2) is 5.91. The Morgan fingerprint density at radius 1 is 1.44 bits per heavy atom. The second-order valence-electron chi connectivity index (χ2n) is 4.41. The van der Waals surface area contributed by atoms with Gasteiger partial charge in [-0.2, -0.15) is 0 Å². The summed E-state index contributed by atoms with van der Waals surface area (Å²) in [6.45, 7) is 4.10. The molecule has 1 heterocycles. The average Bonchev–Trinajstić information content (AvgIpc) is 2.35. The maximum absolute atomic E-state index is 12.1. The van der Waals surface area contributed by atoms with Gasteiger partial charge in [0.2, 0.25) is 5.91 Å². The number of halogens is 2. The van der Waals surface area contributed by atoms with Crippen LogP contribution >= 0.6 is 23.2 Å². The molecule has 0 aromatic heterocycles. The molecule has 2 rings (SSSR count). The van der Waals surface area contributed by atoms with Gasteiger partial charge in [-0.1, -0.05) is 36.2 Å². The molecule has 1 atom stereocenters. The molecule has 1 aromatic rings. The fourth-order valence-corrected chi connectivity index (χ4v) is 2.59. The first-order valence-corrected chi connectivity index (χ1v) is 6.83. The van der Waals surface area contributed by atoms with Crippen LogP contribution in [0.2, 0.25) is 10.0 Å². The van der Waals surface area contributed by atoms with Crippen molar-refractivity contribution in [3.8, 4) is 0 Å². The molecule has 1 unspecified atom stereocenters. The highest BCUT2D eigenvalue weighted by molar-refractivity contribution is 6.35. The van der Waals surface area contributed by atoms with Crippen LogP contribution in [-0.4, -0.2) is 29.9 Å². The lowest BCUT2D eigenvalue weighted by atomic mass is 10.1. The molecule has 1 amide bonds. The van der Waals surface area contributed by atoms with Crippen molar-refractivity contribution in [2.45, 2.75) is 25.9 Å². The van der Waals surface area contributed by atoms with Crippen LogP contribution < -0.4 is 5.32 Å². The van der Waals surface area contributed by atoms with E-state index in [9.17, 15) is 4.79 Å². The van der Waals surface area contributed by atoms with Gasteiger partial charge in [-0.15, -0.1) is 0 Å². The predicted molar refractivity (Wildman–Crippen MR) is 74.0 cm³/mol. The van der Waals surface area contributed by atoms with Gasteiger partial charge < -0.3 is 10.2 Å². The number of carbonyl (C=O) groups is 1. The Balaban J connectivity index is 2.10. The number of rotatable bonds is 3. The molecular weight excluding hydrogens is 271 g/mol. The molecule has 3 nitrogen and oxygen atoms in total. The van der Waals surface area contributed by atoms with E-state index in [4.69, 9.17) is 23.2 Å². The fourth-order valence-electron chi connectivity index (χ4n) is 2.12. The molecule has 1 aromatic carbocycles. The van der Waals surface area contributed by atoms with Crippen LogP contribution in [0.15, 0.2) is 18.2 Å². The molecule has 1 aliphatic heterocycles. The Hall–Kier alpha value is -0.770. The molecule has 5 heteroatoms. The zero-order valence-electron chi connectivity index (χ0n) is 10.2. The number of nitrogens with one attached hydrogen (secondary N) is 1. The van der Waals surface area contributed by atoms with Gasteiger partial charge in [-0.3, -0.25) is 4.79 Å². The summed E-state index contributed by atoms with van der Waals surface area (Å²) in [6.07, 6.45) is 0.809. The molecule has 0 spiro atoms. The Kier molecular flexibility index (Phi) is 4.49. The first kappa shape index (κ1) is 13.7. The average molecular weight is 287 g/mol. The van der Waals surface area contributed by atoms with Crippen molar-refractivity contribution in [1.82, 2.24) is 10.2 Å². The molecule has 1 fully saturated rings. The lowest BCUT2D eigenvalue weighted by Gasteiger charge is -2.33. The summed E-state index contributed by atoms with van der Waals surface area (Å²) in [6, 6.07) is 5.32. The number of amides is 1. The first-order valence-electron chi connectivity index (χ1n) is 6.08. The van der Waals surface area contributed by atoms with Crippen molar-refractivity contribution in [2.75, 3.05) is 13.1 Å². The number of benzene rings is 1. The van der Waals surface area contributed by atoms with Crippen molar-refractivity contribution in [2.24, 2.45) is 0 Å². The van der Waals surface area contributed by atoms with E-state index in [0.717, 1.165) is 18.5 Å². The van der Waals surface area contributed by atoms with Crippen LogP contribution in [0.4, 0.5) is 0 Å². The van der Waals surface area contributed by atoms with Gasteiger partial charge in [-0.25, -0.2) is 0 Å². The zero-order chi connectivity index (χ0) is 13.1. The summed E-state index contributed by atoms with van der Waals surface area (Å²) < 4.78 is 0. The van der Waals surface area contributed by atoms with Gasteiger partial charge in [0, 0.05) is 29.7 Å². The standard InChI is InChI=1S/C13H16Cl2N2O/c1-2-12-13(18)17(6-5-16-12)8-9-3-4-10(14)7-11(9)15/h3-4,7,12,16H,2,5-6,8H2,1H3. The van der Waals surface area contributed by atoms with Crippen LogP contribution in [0, 0.1) is 0 Å². The Bertz CT molecular complexity index is 451. The Labute approximate surface area is 117 Å². The largest absolute Gasteiger partial charge is 0.336 e. The van der Waals surface area contributed by atoms with Gasteiger partial charge in [0.15, 0.2) is 0 Å². The van der Waals surface area contributed by atoms with Crippen LogP contribution in [0.5, 0.6) is 0 Å². The summed E-state index contributed by atoms with van der Waals surface area (Å²) in [5, 5.41) is 4.44. The smallest absolute Gasteiger partial charge is 0.240 e. The lowest BCUT2D eigenvalue weighted by Crippen LogP contribution is -2.54. The van der Waals surface area contributed by atoms with Crippen molar-refractivity contribution in [1.29, 1.82) is 0 Å². The van der Waals surface area contributed by atoms with Gasteiger partial charge in [-0.05, 0) is 24.1 Å². The molecule has 0 bridgehead atoms. The third-order valence-electron chi connectivity index (χ3n) is 3.17. The molecule has 0 radical (unpaired) electrons. The lowest BCUT2D eigenvalue weighted by molar-refractivity contribution is -0.136. The minimum atomic E-state index is -0.0650. The third-order valence-corrected chi connectivity index (χ3v) is 3.75. The van der Waals surface area contributed by atoms with E-state index < -0.39 is 0 Å². The Morgan fingerprint density at radius 2 is 2.22 bits per heavy atom. The van der Waals surface area contributed by atoms with E-state index in [-0.39, 0.29) is 11.9 Å². The van der Waals surface area contributed by atoms with Gasteiger partial charge >= 0.3 is 0 Å². The summed E-state index contributed by atoms with van der Waals surface area (Å²) in [5.74, 6) is 0.148. The number of piperazine rings is 1. The van der Waals surface area contributed by atoms with E-state index in [0.29, 0.717) is 23.1 Å². The Morgan fingerprint density at radius 3 is 2.89 bits per heavy atom. The van der Waals surface area contributed by atoms with Crippen LogP contribution in [0.3, 0.4) is 0 Å². The van der Waals surface area contributed by atoms with E-state index in [1.807, 2.05) is 17.9 Å². The van der Waals surface area contributed by atoms with Crippen molar-refractivity contribution in [3.63, 3.8) is 0 Å². The van der Waals surface area contributed by atoms with E-state index in [1.54, 1.807) is 12.1 Å². The summed E-state index contributed by atoms with van der Waals surface area (Å²) in [4.78, 5) is 14.0.